The van der Waals surface area contributed by atoms with Crippen molar-refractivity contribution in [2.24, 2.45) is 0 Å². The van der Waals surface area contributed by atoms with Crippen LogP contribution in [0.4, 0.5) is 17.5 Å². The first-order valence-corrected chi connectivity index (χ1v) is 9.69. The molecular formula is C22H23ClN4. The molecule has 0 aliphatic carbocycles. The van der Waals surface area contributed by atoms with Gasteiger partial charge in [0, 0.05) is 35.1 Å². The van der Waals surface area contributed by atoms with E-state index in [1.54, 1.807) is 0 Å². The molecule has 2 aromatic carbocycles. The summed E-state index contributed by atoms with van der Waals surface area (Å²) in [6.07, 6.45) is 1.94. The summed E-state index contributed by atoms with van der Waals surface area (Å²) in [6.45, 7) is 5.03. The predicted octanol–water partition coefficient (Wildman–Crippen LogP) is 5.18. The molecule has 4 rings (SSSR count). The smallest absolute Gasteiger partial charge is 0.224 e. The number of hydrogen-bond acceptors (Lipinski definition) is 4. The zero-order chi connectivity index (χ0) is 18.8. The second kappa shape index (κ2) is 7.57. The Morgan fingerprint density at radius 3 is 2.70 bits per heavy atom. The molecule has 5 heteroatoms. The summed E-state index contributed by atoms with van der Waals surface area (Å²) in [5, 5.41) is 4.13. The quantitative estimate of drug-likeness (QED) is 0.664. The van der Waals surface area contributed by atoms with Gasteiger partial charge >= 0.3 is 0 Å². The summed E-state index contributed by atoms with van der Waals surface area (Å²) in [5.74, 6) is 1.63. The molecule has 2 heterocycles. The first kappa shape index (κ1) is 17.8. The van der Waals surface area contributed by atoms with Crippen LogP contribution in [0.1, 0.15) is 23.7 Å². The fourth-order valence-corrected chi connectivity index (χ4v) is 3.76. The lowest BCUT2D eigenvalue weighted by Crippen LogP contribution is -2.25. The van der Waals surface area contributed by atoms with Crippen LogP contribution in [0.5, 0.6) is 0 Å². The van der Waals surface area contributed by atoms with Gasteiger partial charge in [-0.05, 0) is 56.0 Å². The maximum atomic E-state index is 5.95. The third-order valence-electron chi connectivity index (χ3n) is 4.90. The number of nitrogens with one attached hydrogen (secondary N) is 1. The Hall–Kier alpha value is -2.59. The highest BCUT2D eigenvalue weighted by atomic mass is 35.5. The molecule has 1 aromatic heterocycles. The van der Waals surface area contributed by atoms with E-state index in [9.17, 15) is 0 Å². The second-order valence-corrected chi connectivity index (χ2v) is 7.48. The summed E-state index contributed by atoms with van der Waals surface area (Å²) in [7, 11) is 0. The molecule has 0 radical (unpaired) electrons. The molecule has 0 bridgehead atoms. The van der Waals surface area contributed by atoms with Crippen LogP contribution in [-0.2, 0) is 12.8 Å². The molecular weight excluding hydrogens is 356 g/mol. The molecule has 1 atom stereocenters. The third-order valence-corrected chi connectivity index (χ3v) is 5.16. The van der Waals surface area contributed by atoms with Gasteiger partial charge in [-0.2, -0.15) is 4.98 Å². The Balaban J connectivity index is 1.51. The van der Waals surface area contributed by atoms with Crippen molar-refractivity contribution in [1.82, 2.24) is 9.97 Å². The zero-order valence-corrected chi connectivity index (χ0v) is 16.4. The van der Waals surface area contributed by atoms with Gasteiger partial charge in [-0.3, -0.25) is 0 Å². The number of nitrogens with zero attached hydrogens (tertiary/aromatic N) is 3. The summed E-state index contributed by atoms with van der Waals surface area (Å²) in [4.78, 5) is 11.7. The minimum atomic E-state index is 0.388. The van der Waals surface area contributed by atoms with Crippen LogP contribution in [0.2, 0.25) is 5.02 Å². The largest absolute Gasteiger partial charge is 0.354 e. The number of aromatic nitrogens is 2. The van der Waals surface area contributed by atoms with E-state index in [1.165, 1.54) is 16.8 Å². The molecule has 1 unspecified atom stereocenters. The minimum absolute atomic E-state index is 0.388. The summed E-state index contributed by atoms with van der Waals surface area (Å²) in [5.41, 5.74) is 4.82. The summed E-state index contributed by atoms with van der Waals surface area (Å²) < 4.78 is 0. The van der Waals surface area contributed by atoms with Crippen molar-refractivity contribution in [1.29, 1.82) is 0 Å². The van der Waals surface area contributed by atoms with Crippen LogP contribution in [0.25, 0.3) is 0 Å². The van der Waals surface area contributed by atoms with Gasteiger partial charge in [0.15, 0.2) is 0 Å². The molecule has 3 aromatic rings. The summed E-state index contributed by atoms with van der Waals surface area (Å²) in [6, 6.07) is 18.9. The Morgan fingerprint density at radius 1 is 1.11 bits per heavy atom. The van der Waals surface area contributed by atoms with E-state index in [0.29, 0.717) is 12.0 Å². The number of fused-ring (bicyclic) bond motifs is 1. The molecule has 0 saturated carbocycles. The van der Waals surface area contributed by atoms with Crippen molar-refractivity contribution >= 4 is 29.1 Å². The first-order chi connectivity index (χ1) is 13.1. The predicted molar refractivity (Wildman–Crippen MR) is 112 cm³/mol. The van der Waals surface area contributed by atoms with Gasteiger partial charge in [-0.15, -0.1) is 0 Å². The monoisotopic (exact) mass is 378 g/mol. The van der Waals surface area contributed by atoms with Crippen molar-refractivity contribution in [3.63, 3.8) is 0 Å². The van der Waals surface area contributed by atoms with E-state index in [1.807, 2.05) is 19.1 Å². The lowest BCUT2D eigenvalue weighted by Gasteiger charge is -2.24. The molecule has 0 saturated heterocycles. The van der Waals surface area contributed by atoms with Crippen molar-refractivity contribution in [3.8, 4) is 0 Å². The second-order valence-electron chi connectivity index (χ2n) is 7.05. The molecule has 27 heavy (non-hydrogen) atoms. The van der Waals surface area contributed by atoms with E-state index in [4.69, 9.17) is 16.6 Å². The van der Waals surface area contributed by atoms with Gasteiger partial charge < -0.3 is 10.2 Å². The number of aryl methyl sites for hydroxylation is 1. The van der Waals surface area contributed by atoms with Gasteiger partial charge in [0.2, 0.25) is 5.95 Å². The fourth-order valence-electron chi connectivity index (χ4n) is 3.64. The van der Waals surface area contributed by atoms with Crippen molar-refractivity contribution in [2.45, 2.75) is 32.7 Å². The number of benzene rings is 2. The maximum absolute atomic E-state index is 5.95. The van der Waals surface area contributed by atoms with Crippen LogP contribution >= 0.6 is 11.6 Å². The van der Waals surface area contributed by atoms with E-state index in [0.717, 1.165) is 35.9 Å². The number of anilines is 3. The van der Waals surface area contributed by atoms with Crippen molar-refractivity contribution < 1.29 is 0 Å². The van der Waals surface area contributed by atoms with Crippen LogP contribution in [0, 0.1) is 6.92 Å². The van der Waals surface area contributed by atoms with Gasteiger partial charge in [-0.25, -0.2) is 4.98 Å². The van der Waals surface area contributed by atoms with Gasteiger partial charge in [0.25, 0.3) is 0 Å². The number of rotatable bonds is 5. The van der Waals surface area contributed by atoms with Crippen LogP contribution in [0.15, 0.2) is 54.6 Å². The number of hydrogen-bond donors (Lipinski definition) is 1. The first-order valence-electron chi connectivity index (χ1n) is 9.31. The SMILES string of the molecule is Cc1cc(N2c3ccccc3CC2C)nc(NCCc2ccc(Cl)cc2)n1. The Labute approximate surface area is 165 Å². The molecule has 0 fully saturated rings. The number of halogens is 1. The Kier molecular flexibility index (Phi) is 4.99. The van der Waals surface area contributed by atoms with E-state index < -0.39 is 0 Å². The summed E-state index contributed by atoms with van der Waals surface area (Å²) >= 11 is 5.95. The molecule has 138 valence electrons. The normalized spacial score (nSPS) is 15.7. The lowest BCUT2D eigenvalue weighted by atomic mass is 10.1. The molecule has 4 nitrogen and oxygen atoms in total. The van der Waals surface area contributed by atoms with Crippen LogP contribution in [0.3, 0.4) is 0 Å². The molecule has 1 aliphatic heterocycles. The highest BCUT2D eigenvalue weighted by Crippen LogP contribution is 2.37. The Bertz CT molecular complexity index is 939. The average molecular weight is 379 g/mol. The maximum Gasteiger partial charge on any atom is 0.224 e. The van der Waals surface area contributed by atoms with Gasteiger partial charge in [0.1, 0.15) is 5.82 Å². The topological polar surface area (TPSA) is 41.1 Å². The minimum Gasteiger partial charge on any atom is -0.354 e. The molecule has 1 N–H and O–H groups in total. The van der Waals surface area contributed by atoms with Crippen LogP contribution < -0.4 is 10.2 Å². The molecule has 0 spiro atoms. The third kappa shape index (κ3) is 3.91. The highest BCUT2D eigenvalue weighted by Gasteiger charge is 2.28. The molecule has 0 amide bonds. The standard InChI is InChI=1S/C22H23ClN4/c1-15-13-21(27-16(2)14-18-5-3-4-6-20(18)27)26-22(25-15)24-12-11-17-7-9-19(23)10-8-17/h3-10,13,16H,11-12,14H2,1-2H3,(H,24,25,26). The fraction of sp³-hybridized carbons (Fsp3) is 0.273. The van der Waals surface area contributed by atoms with Gasteiger partial charge in [-0.1, -0.05) is 41.9 Å². The van der Waals surface area contributed by atoms with E-state index >= 15 is 0 Å². The highest BCUT2D eigenvalue weighted by molar-refractivity contribution is 6.30. The van der Waals surface area contributed by atoms with E-state index in [-0.39, 0.29) is 0 Å². The average Bonchev–Trinajstić information content (AvgIpc) is 2.98. The zero-order valence-electron chi connectivity index (χ0n) is 15.6. The van der Waals surface area contributed by atoms with Crippen LogP contribution in [-0.4, -0.2) is 22.6 Å². The molecule has 1 aliphatic rings. The van der Waals surface area contributed by atoms with Crippen molar-refractivity contribution in [2.75, 3.05) is 16.8 Å². The Morgan fingerprint density at radius 2 is 1.89 bits per heavy atom. The van der Waals surface area contributed by atoms with Gasteiger partial charge in [0.05, 0.1) is 0 Å². The number of para-hydroxylation sites is 1. The van der Waals surface area contributed by atoms with E-state index in [2.05, 4.69) is 64.6 Å². The van der Waals surface area contributed by atoms with Crippen molar-refractivity contribution in [3.05, 3.63) is 76.4 Å². The lowest BCUT2D eigenvalue weighted by molar-refractivity contribution is 0.748.